The maximum atomic E-state index is 13.7. The van der Waals surface area contributed by atoms with Gasteiger partial charge in [0, 0.05) is 11.9 Å². The van der Waals surface area contributed by atoms with Crippen molar-refractivity contribution in [1.82, 2.24) is 9.97 Å². The van der Waals surface area contributed by atoms with Crippen molar-refractivity contribution in [2.45, 2.75) is 6.92 Å². The minimum absolute atomic E-state index is 0.0926. The summed E-state index contributed by atoms with van der Waals surface area (Å²) in [5, 5.41) is 2.86. The molecule has 0 saturated carbocycles. The van der Waals surface area contributed by atoms with Crippen molar-refractivity contribution in [3.63, 3.8) is 0 Å². The average molecular weight is 329 g/mol. The van der Waals surface area contributed by atoms with Crippen LogP contribution >= 0.6 is 11.8 Å². The first-order chi connectivity index (χ1) is 11.0. The van der Waals surface area contributed by atoms with Gasteiger partial charge in [0.25, 0.3) is 0 Å². The number of anilines is 1. The van der Waals surface area contributed by atoms with Crippen LogP contribution in [0.1, 0.15) is 26.4 Å². The van der Waals surface area contributed by atoms with E-state index in [4.69, 9.17) is 0 Å². The number of carbonyl (C=O) groups excluding carboxylic acids is 2. The van der Waals surface area contributed by atoms with E-state index in [2.05, 4.69) is 15.3 Å². The van der Waals surface area contributed by atoms with Gasteiger partial charge in [0.05, 0.1) is 10.5 Å². The fourth-order valence-electron chi connectivity index (χ4n) is 2.26. The number of Topliss-reactive ketones (excluding diaryl/α,β-unsaturated/α-hetero) is 2. The van der Waals surface area contributed by atoms with E-state index in [0.29, 0.717) is 11.3 Å². The van der Waals surface area contributed by atoms with Crippen molar-refractivity contribution in [2.75, 3.05) is 11.6 Å². The lowest BCUT2D eigenvalue weighted by Crippen LogP contribution is -2.26. The Morgan fingerprint density at radius 2 is 2.00 bits per heavy atom. The van der Waals surface area contributed by atoms with Crippen molar-refractivity contribution < 1.29 is 14.0 Å². The molecule has 1 heterocycles. The van der Waals surface area contributed by atoms with Crippen LogP contribution in [0.25, 0.3) is 0 Å². The molecular weight excluding hydrogens is 317 g/mol. The number of halogens is 1. The number of nitrogens with zero attached hydrogens (tertiary/aromatic N) is 2. The molecule has 0 spiro atoms. The summed E-state index contributed by atoms with van der Waals surface area (Å²) < 4.78 is 13.7. The van der Waals surface area contributed by atoms with E-state index in [0.717, 1.165) is 11.8 Å². The van der Waals surface area contributed by atoms with Crippen molar-refractivity contribution >= 4 is 29.0 Å². The second kappa shape index (κ2) is 5.92. The van der Waals surface area contributed by atoms with E-state index >= 15 is 0 Å². The second-order valence-corrected chi connectivity index (χ2v) is 5.76. The minimum Gasteiger partial charge on any atom is -0.351 e. The van der Waals surface area contributed by atoms with Gasteiger partial charge in [0.2, 0.25) is 11.6 Å². The standard InChI is InChI=1S/C16H12FN3O2S/c1-8-3-4-9(5-11(8)17)20-13-14(21)10-6-18-7-19-12(10)15(22)16(13)23-2/h3-7,20H,1-2H3. The zero-order valence-electron chi connectivity index (χ0n) is 12.4. The Morgan fingerprint density at radius 1 is 1.22 bits per heavy atom. The molecule has 1 N–H and O–H groups in total. The number of allylic oxidation sites excluding steroid dienone is 2. The first-order valence-electron chi connectivity index (χ1n) is 6.73. The maximum Gasteiger partial charge on any atom is 0.220 e. The number of benzene rings is 1. The van der Waals surface area contributed by atoms with Gasteiger partial charge in [-0.1, -0.05) is 6.07 Å². The lowest BCUT2D eigenvalue weighted by atomic mass is 9.98. The predicted octanol–water partition coefficient (Wildman–Crippen LogP) is 2.99. The van der Waals surface area contributed by atoms with Crippen LogP contribution in [0.15, 0.2) is 41.3 Å². The number of nitrogens with one attached hydrogen (secondary N) is 1. The summed E-state index contributed by atoms with van der Waals surface area (Å²) in [5.74, 6) is -1.12. The number of aryl methyl sites for hydroxylation is 1. The zero-order valence-corrected chi connectivity index (χ0v) is 13.2. The van der Waals surface area contributed by atoms with Gasteiger partial charge in [-0.2, -0.15) is 0 Å². The molecule has 1 aromatic carbocycles. The molecule has 7 heteroatoms. The molecule has 0 unspecified atom stereocenters. The molecule has 1 aliphatic carbocycles. The molecule has 0 bridgehead atoms. The molecule has 0 radical (unpaired) electrons. The Bertz CT molecular complexity index is 864. The van der Waals surface area contributed by atoms with Crippen LogP contribution in [-0.2, 0) is 0 Å². The molecule has 3 rings (SSSR count). The van der Waals surface area contributed by atoms with E-state index < -0.39 is 0 Å². The normalized spacial score (nSPS) is 14.0. The molecule has 23 heavy (non-hydrogen) atoms. The Balaban J connectivity index is 2.07. The van der Waals surface area contributed by atoms with E-state index in [9.17, 15) is 14.0 Å². The van der Waals surface area contributed by atoms with Crippen molar-refractivity contribution in [3.8, 4) is 0 Å². The number of hydrogen-bond acceptors (Lipinski definition) is 6. The van der Waals surface area contributed by atoms with E-state index in [1.165, 1.54) is 18.6 Å². The van der Waals surface area contributed by atoms with Crippen molar-refractivity contribution in [1.29, 1.82) is 0 Å². The second-order valence-electron chi connectivity index (χ2n) is 4.94. The molecule has 0 saturated heterocycles. The number of hydrogen-bond donors (Lipinski definition) is 1. The Morgan fingerprint density at radius 3 is 2.70 bits per heavy atom. The molecule has 1 aromatic heterocycles. The van der Waals surface area contributed by atoms with Crippen LogP contribution in [0.3, 0.4) is 0 Å². The molecule has 0 fully saturated rings. The summed E-state index contributed by atoms with van der Waals surface area (Å²) in [4.78, 5) is 33.1. The maximum absolute atomic E-state index is 13.7. The highest BCUT2D eigenvalue weighted by atomic mass is 32.2. The van der Waals surface area contributed by atoms with Crippen molar-refractivity contribution in [3.05, 3.63) is 64.0 Å². The van der Waals surface area contributed by atoms with E-state index in [1.807, 2.05) is 0 Å². The Labute approximate surface area is 136 Å². The fourth-order valence-corrected chi connectivity index (χ4v) is 2.89. The first kappa shape index (κ1) is 15.4. The monoisotopic (exact) mass is 329 g/mol. The highest BCUT2D eigenvalue weighted by molar-refractivity contribution is 8.03. The van der Waals surface area contributed by atoms with Crippen LogP contribution < -0.4 is 5.32 Å². The third kappa shape index (κ3) is 2.63. The largest absolute Gasteiger partial charge is 0.351 e. The van der Waals surface area contributed by atoms with E-state index in [1.54, 1.807) is 25.3 Å². The fraction of sp³-hybridized carbons (Fsp3) is 0.125. The van der Waals surface area contributed by atoms with Crippen LogP contribution in [0, 0.1) is 12.7 Å². The Kier molecular flexibility index (Phi) is 3.96. The van der Waals surface area contributed by atoms with Crippen LogP contribution in [0.2, 0.25) is 0 Å². The molecule has 0 aliphatic heterocycles. The van der Waals surface area contributed by atoms with Crippen LogP contribution in [0.5, 0.6) is 0 Å². The van der Waals surface area contributed by atoms with Gasteiger partial charge >= 0.3 is 0 Å². The van der Waals surface area contributed by atoms with Crippen LogP contribution in [-0.4, -0.2) is 27.8 Å². The summed E-state index contributed by atoms with van der Waals surface area (Å²) in [6, 6.07) is 4.54. The first-order valence-corrected chi connectivity index (χ1v) is 7.96. The Hall–Kier alpha value is -2.54. The number of ketones is 2. The summed E-state index contributed by atoms with van der Waals surface area (Å²) >= 11 is 1.15. The summed E-state index contributed by atoms with van der Waals surface area (Å²) in [6.45, 7) is 1.65. The molecule has 116 valence electrons. The number of carbonyl (C=O) groups is 2. The lowest BCUT2D eigenvalue weighted by molar-refractivity contribution is 0.0978. The zero-order chi connectivity index (χ0) is 16.6. The van der Waals surface area contributed by atoms with Gasteiger partial charge in [0.15, 0.2) is 0 Å². The third-order valence-corrected chi connectivity index (χ3v) is 4.28. The average Bonchev–Trinajstić information content (AvgIpc) is 2.56. The molecule has 5 nitrogen and oxygen atoms in total. The quantitative estimate of drug-likeness (QED) is 0.933. The summed E-state index contributed by atoms with van der Waals surface area (Å²) in [7, 11) is 0. The molecular formula is C16H12FN3O2S. The van der Waals surface area contributed by atoms with E-state index in [-0.39, 0.29) is 39.2 Å². The number of fused-ring (bicyclic) bond motifs is 1. The lowest BCUT2D eigenvalue weighted by Gasteiger charge is -2.20. The SMILES string of the molecule is CSC1=C(Nc2ccc(C)c(F)c2)C(=O)c2cncnc2C1=O. The highest BCUT2D eigenvalue weighted by Gasteiger charge is 2.33. The number of rotatable bonds is 3. The minimum atomic E-state index is -0.389. The molecule has 0 atom stereocenters. The van der Waals surface area contributed by atoms with Crippen LogP contribution in [0.4, 0.5) is 10.1 Å². The predicted molar refractivity (Wildman–Crippen MR) is 86.0 cm³/mol. The van der Waals surface area contributed by atoms with Gasteiger partial charge in [0.1, 0.15) is 23.5 Å². The summed E-state index contributed by atoms with van der Waals surface area (Å²) in [6.07, 6.45) is 4.25. The third-order valence-electron chi connectivity index (χ3n) is 3.48. The van der Waals surface area contributed by atoms with Gasteiger partial charge in [-0.15, -0.1) is 11.8 Å². The summed E-state index contributed by atoms with van der Waals surface area (Å²) in [5.41, 5.74) is 1.25. The highest BCUT2D eigenvalue weighted by Crippen LogP contribution is 2.31. The van der Waals surface area contributed by atoms with Gasteiger partial charge in [-0.25, -0.2) is 14.4 Å². The number of aromatic nitrogens is 2. The molecule has 0 amide bonds. The smallest absolute Gasteiger partial charge is 0.220 e. The van der Waals surface area contributed by atoms with Crippen molar-refractivity contribution in [2.24, 2.45) is 0 Å². The topological polar surface area (TPSA) is 72.0 Å². The van der Waals surface area contributed by atoms with Gasteiger partial charge < -0.3 is 5.32 Å². The van der Waals surface area contributed by atoms with Gasteiger partial charge in [-0.05, 0) is 30.9 Å². The molecule has 1 aliphatic rings. The van der Waals surface area contributed by atoms with Gasteiger partial charge in [-0.3, -0.25) is 9.59 Å². The number of thioether (sulfide) groups is 1. The molecule has 2 aromatic rings.